The molecule has 0 amide bonds. The highest BCUT2D eigenvalue weighted by Gasteiger charge is 2.19. The molecule has 0 aliphatic carbocycles. The second kappa shape index (κ2) is 7.13. The molecule has 0 fully saturated rings. The van der Waals surface area contributed by atoms with Crippen LogP contribution in [-0.2, 0) is 0 Å². The Labute approximate surface area is 131 Å². The van der Waals surface area contributed by atoms with E-state index in [0.717, 1.165) is 28.2 Å². The molecule has 1 unspecified atom stereocenters. The Morgan fingerprint density at radius 3 is 2.60 bits per heavy atom. The lowest BCUT2D eigenvalue weighted by molar-refractivity contribution is 0.480. The molecule has 0 saturated heterocycles. The van der Waals surface area contributed by atoms with E-state index in [9.17, 15) is 8.78 Å². The molecule has 2 aromatic rings. The van der Waals surface area contributed by atoms with Gasteiger partial charge in [0.25, 0.3) is 0 Å². The van der Waals surface area contributed by atoms with Crippen molar-refractivity contribution in [2.24, 2.45) is 0 Å². The minimum atomic E-state index is -0.809. The Morgan fingerprint density at radius 1 is 1.15 bits per heavy atom. The van der Waals surface area contributed by atoms with Crippen LogP contribution < -0.4 is 5.32 Å². The van der Waals surface area contributed by atoms with Crippen molar-refractivity contribution >= 4 is 22.6 Å². The van der Waals surface area contributed by atoms with Gasteiger partial charge in [-0.1, -0.05) is 31.2 Å². The van der Waals surface area contributed by atoms with Gasteiger partial charge in [-0.3, -0.25) is 0 Å². The van der Waals surface area contributed by atoms with Gasteiger partial charge in [0.15, 0.2) is 11.6 Å². The van der Waals surface area contributed by atoms with Crippen LogP contribution in [0.3, 0.4) is 0 Å². The first-order chi connectivity index (χ1) is 9.63. The fourth-order valence-electron chi connectivity index (χ4n) is 2.13. The SMILES string of the molecule is CCCNC(c1cccc(I)c1)c1cccc(F)c1F. The quantitative estimate of drug-likeness (QED) is 0.737. The van der Waals surface area contributed by atoms with Gasteiger partial charge >= 0.3 is 0 Å². The maximum Gasteiger partial charge on any atom is 0.163 e. The zero-order valence-corrected chi connectivity index (χ0v) is 13.3. The Balaban J connectivity index is 2.44. The van der Waals surface area contributed by atoms with Gasteiger partial charge in [0.05, 0.1) is 6.04 Å². The van der Waals surface area contributed by atoms with E-state index in [2.05, 4.69) is 27.9 Å². The fraction of sp³-hybridized carbons (Fsp3) is 0.250. The average molecular weight is 387 g/mol. The van der Waals surface area contributed by atoms with E-state index >= 15 is 0 Å². The summed E-state index contributed by atoms with van der Waals surface area (Å²) >= 11 is 2.22. The van der Waals surface area contributed by atoms with Crippen molar-refractivity contribution in [1.29, 1.82) is 0 Å². The van der Waals surface area contributed by atoms with E-state index in [1.54, 1.807) is 12.1 Å². The summed E-state index contributed by atoms with van der Waals surface area (Å²) < 4.78 is 28.6. The van der Waals surface area contributed by atoms with E-state index in [4.69, 9.17) is 0 Å². The number of nitrogens with one attached hydrogen (secondary N) is 1. The molecule has 1 atom stereocenters. The Bertz CT molecular complexity index is 586. The minimum Gasteiger partial charge on any atom is -0.306 e. The molecule has 0 spiro atoms. The number of hydrogen-bond donors (Lipinski definition) is 1. The lowest BCUT2D eigenvalue weighted by atomic mass is 9.98. The molecular formula is C16H16F2IN. The van der Waals surface area contributed by atoms with E-state index < -0.39 is 11.6 Å². The maximum atomic E-state index is 14.0. The molecule has 0 bridgehead atoms. The van der Waals surface area contributed by atoms with E-state index in [1.807, 2.05) is 31.2 Å². The van der Waals surface area contributed by atoms with Crippen LogP contribution in [0.1, 0.15) is 30.5 Å². The largest absolute Gasteiger partial charge is 0.306 e. The van der Waals surface area contributed by atoms with E-state index in [0.29, 0.717) is 5.56 Å². The van der Waals surface area contributed by atoms with Crippen LogP contribution in [0.2, 0.25) is 0 Å². The molecule has 0 heterocycles. The zero-order valence-electron chi connectivity index (χ0n) is 11.2. The van der Waals surface area contributed by atoms with Gasteiger partial charge in [0.1, 0.15) is 0 Å². The molecule has 1 N–H and O–H groups in total. The zero-order chi connectivity index (χ0) is 14.5. The number of hydrogen-bond acceptors (Lipinski definition) is 1. The van der Waals surface area contributed by atoms with E-state index in [1.165, 1.54) is 0 Å². The Morgan fingerprint density at radius 2 is 1.90 bits per heavy atom. The van der Waals surface area contributed by atoms with Crippen LogP contribution in [-0.4, -0.2) is 6.54 Å². The second-order valence-corrected chi connectivity index (χ2v) is 5.83. The first-order valence-electron chi connectivity index (χ1n) is 6.56. The smallest absolute Gasteiger partial charge is 0.163 e. The monoisotopic (exact) mass is 387 g/mol. The van der Waals surface area contributed by atoms with E-state index in [-0.39, 0.29) is 6.04 Å². The third kappa shape index (κ3) is 3.55. The molecular weight excluding hydrogens is 371 g/mol. The molecule has 2 aromatic carbocycles. The van der Waals surface area contributed by atoms with Crippen molar-refractivity contribution in [1.82, 2.24) is 5.32 Å². The predicted molar refractivity (Wildman–Crippen MR) is 85.7 cm³/mol. The highest BCUT2D eigenvalue weighted by molar-refractivity contribution is 14.1. The third-order valence-corrected chi connectivity index (χ3v) is 3.74. The van der Waals surface area contributed by atoms with Crippen LogP contribution >= 0.6 is 22.6 Å². The van der Waals surface area contributed by atoms with Crippen molar-refractivity contribution < 1.29 is 8.78 Å². The molecule has 1 nitrogen and oxygen atoms in total. The summed E-state index contributed by atoms with van der Waals surface area (Å²) in [5, 5.41) is 3.29. The van der Waals surface area contributed by atoms with Crippen molar-refractivity contribution in [2.75, 3.05) is 6.54 Å². The minimum absolute atomic E-state index is 0.333. The maximum absolute atomic E-state index is 14.0. The molecule has 0 aromatic heterocycles. The number of halogens is 3. The average Bonchev–Trinajstić information content (AvgIpc) is 2.44. The lowest BCUT2D eigenvalue weighted by Gasteiger charge is -2.20. The molecule has 106 valence electrons. The third-order valence-electron chi connectivity index (χ3n) is 3.07. The van der Waals surface area contributed by atoms with Gasteiger partial charge in [-0.25, -0.2) is 8.78 Å². The van der Waals surface area contributed by atoms with Gasteiger partial charge in [0, 0.05) is 9.13 Å². The molecule has 0 aliphatic rings. The summed E-state index contributed by atoms with van der Waals surface area (Å²) in [6, 6.07) is 11.8. The van der Waals surface area contributed by atoms with Gasteiger partial charge in [-0.2, -0.15) is 0 Å². The predicted octanol–water partition coefficient (Wildman–Crippen LogP) is 4.66. The van der Waals surface area contributed by atoms with Crippen molar-refractivity contribution in [3.63, 3.8) is 0 Å². The lowest BCUT2D eigenvalue weighted by Crippen LogP contribution is -2.24. The summed E-state index contributed by atoms with van der Waals surface area (Å²) in [7, 11) is 0. The van der Waals surface area contributed by atoms with Crippen LogP contribution in [0.4, 0.5) is 8.78 Å². The van der Waals surface area contributed by atoms with Crippen molar-refractivity contribution in [3.05, 3.63) is 68.8 Å². The second-order valence-electron chi connectivity index (χ2n) is 4.59. The van der Waals surface area contributed by atoms with Crippen LogP contribution in [0.25, 0.3) is 0 Å². The molecule has 4 heteroatoms. The van der Waals surface area contributed by atoms with Gasteiger partial charge in [-0.15, -0.1) is 0 Å². The topological polar surface area (TPSA) is 12.0 Å². The molecule has 20 heavy (non-hydrogen) atoms. The van der Waals surface area contributed by atoms with Crippen LogP contribution in [0.5, 0.6) is 0 Å². The normalized spacial score (nSPS) is 12.4. The molecule has 0 radical (unpaired) electrons. The summed E-state index contributed by atoms with van der Waals surface area (Å²) in [5.74, 6) is -1.59. The summed E-state index contributed by atoms with van der Waals surface area (Å²) in [6.07, 6.45) is 0.928. The van der Waals surface area contributed by atoms with Crippen LogP contribution in [0.15, 0.2) is 42.5 Å². The first kappa shape index (κ1) is 15.4. The highest BCUT2D eigenvalue weighted by atomic mass is 127. The number of rotatable bonds is 5. The molecule has 0 saturated carbocycles. The highest BCUT2D eigenvalue weighted by Crippen LogP contribution is 2.26. The summed E-state index contributed by atoms with van der Waals surface area (Å²) in [4.78, 5) is 0. The Hall–Kier alpha value is -1.01. The van der Waals surface area contributed by atoms with Gasteiger partial charge in [-0.05, 0) is 59.3 Å². The van der Waals surface area contributed by atoms with Crippen molar-refractivity contribution in [3.8, 4) is 0 Å². The molecule has 0 aliphatic heterocycles. The summed E-state index contributed by atoms with van der Waals surface area (Å²) in [5.41, 5.74) is 1.29. The fourth-order valence-corrected chi connectivity index (χ4v) is 2.69. The van der Waals surface area contributed by atoms with Crippen molar-refractivity contribution in [2.45, 2.75) is 19.4 Å². The summed E-state index contributed by atoms with van der Waals surface area (Å²) in [6.45, 7) is 2.78. The first-order valence-corrected chi connectivity index (χ1v) is 7.64. The van der Waals surface area contributed by atoms with Gasteiger partial charge < -0.3 is 5.32 Å². The van der Waals surface area contributed by atoms with Gasteiger partial charge in [0.2, 0.25) is 0 Å². The number of benzene rings is 2. The Kier molecular flexibility index (Phi) is 5.48. The standard InChI is InChI=1S/C16H16F2IN/c1-2-9-20-16(11-5-3-6-12(19)10-11)13-7-4-8-14(17)15(13)18/h3-8,10,16,20H,2,9H2,1H3. The molecule has 2 rings (SSSR count). The van der Waals surface area contributed by atoms with Crippen LogP contribution in [0, 0.1) is 15.2 Å².